The first-order valence-corrected chi connectivity index (χ1v) is 5.30. The third kappa shape index (κ3) is 3.88. The van der Waals surface area contributed by atoms with Gasteiger partial charge in [0.05, 0.1) is 13.2 Å². The summed E-state index contributed by atoms with van der Waals surface area (Å²) in [5, 5.41) is 9.00. The van der Waals surface area contributed by atoms with Gasteiger partial charge in [-0.1, -0.05) is 19.8 Å². The number of benzene rings is 1. The molecule has 0 unspecified atom stereocenters. The number of hydrogen-bond donors (Lipinski definition) is 1. The van der Waals surface area contributed by atoms with Gasteiger partial charge in [0.2, 0.25) is 0 Å². The first kappa shape index (κ1) is 12.0. The standard InChI is InChI=1S/C12H17FO2/c1-2-3-4-7-15-12-6-5-11(13)8-10(12)9-14/h5-6,8,14H,2-4,7,9H2,1H3. The van der Waals surface area contributed by atoms with Crippen molar-refractivity contribution in [2.75, 3.05) is 6.61 Å². The van der Waals surface area contributed by atoms with E-state index in [9.17, 15) is 4.39 Å². The highest BCUT2D eigenvalue weighted by Crippen LogP contribution is 2.19. The summed E-state index contributed by atoms with van der Waals surface area (Å²) in [4.78, 5) is 0. The van der Waals surface area contributed by atoms with Crippen LogP contribution in [0.5, 0.6) is 5.75 Å². The molecule has 1 N–H and O–H groups in total. The first-order valence-electron chi connectivity index (χ1n) is 5.30. The molecule has 84 valence electrons. The normalized spacial score (nSPS) is 10.3. The minimum absolute atomic E-state index is 0.194. The van der Waals surface area contributed by atoms with Gasteiger partial charge >= 0.3 is 0 Å². The molecule has 0 aliphatic carbocycles. The van der Waals surface area contributed by atoms with Crippen molar-refractivity contribution < 1.29 is 14.2 Å². The lowest BCUT2D eigenvalue weighted by Gasteiger charge is -2.09. The molecule has 0 amide bonds. The molecule has 15 heavy (non-hydrogen) atoms. The van der Waals surface area contributed by atoms with Crippen LogP contribution < -0.4 is 4.74 Å². The second-order valence-corrected chi connectivity index (χ2v) is 3.47. The second-order valence-electron chi connectivity index (χ2n) is 3.47. The minimum atomic E-state index is -0.347. The number of aliphatic hydroxyl groups excluding tert-OH is 1. The smallest absolute Gasteiger partial charge is 0.125 e. The van der Waals surface area contributed by atoms with Gasteiger partial charge < -0.3 is 9.84 Å². The van der Waals surface area contributed by atoms with E-state index >= 15 is 0 Å². The van der Waals surface area contributed by atoms with Crippen LogP contribution in [0.4, 0.5) is 4.39 Å². The van der Waals surface area contributed by atoms with Gasteiger partial charge in [-0.15, -0.1) is 0 Å². The molecule has 0 heterocycles. The molecule has 0 fully saturated rings. The molecule has 0 saturated carbocycles. The number of rotatable bonds is 6. The van der Waals surface area contributed by atoms with E-state index in [4.69, 9.17) is 9.84 Å². The number of hydrogen-bond acceptors (Lipinski definition) is 2. The van der Waals surface area contributed by atoms with Crippen molar-refractivity contribution in [3.8, 4) is 5.75 Å². The summed E-state index contributed by atoms with van der Waals surface area (Å²) >= 11 is 0. The van der Waals surface area contributed by atoms with Crippen LogP contribution in [0, 0.1) is 5.82 Å². The molecule has 0 bridgehead atoms. The van der Waals surface area contributed by atoms with Crippen LogP contribution in [0.1, 0.15) is 31.7 Å². The molecular formula is C12H17FO2. The van der Waals surface area contributed by atoms with Crippen LogP contribution in [0.25, 0.3) is 0 Å². The fraction of sp³-hybridized carbons (Fsp3) is 0.500. The Kier molecular flexibility index (Phi) is 5.12. The predicted octanol–water partition coefficient (Wildman–Crippen LogP) is 2.89. The lowest BCUT2D eigenvalue weighted by atomic mass is 10.2. The van der Waals surface area contributed by atoms with Crippen LogP contribution in [-0.4, -0.2) is 11.7 Å². The average molecular weight is 212 g/mol. The Morgan fingerprint density at radius 3 is 2.80 bits per heavy atom. The topological polar surface area (TPSA) is 29.5 Å². The molecule has 2 nitrogen and oxygen atoms in total. The summed E-state index contributed by atoms with van der Waals surface area (Å²) in [7, 11) is 0. The maximum atomic E-state index is 12.8. The third-order valence-corrected chi connectivity index (χ3v) is 2.20. The Hall–Kier alpha value is -1.09. The SMILES string of the molecule is CCCCCOc1ccc(F)cc1CO. The van der Waals surface area contributed by atoms with Crippen molar-refractivity contribution in [3.05, 3.63) is 29.6 Å². The van der Waals surface area contributed by atoms with Gasteiger partial charge in [0.1, 0.15) is 11.6 Å². The molecule has 0 radical (unpaired) electrons. The van der Waals surface area contributed by atoms with E-state index in [1.54, 1.807) is 6.07 Å². The quantitative estimate of drug-likeness (QED) is 0.735. The van der Waals surface area contributed by atoms with Crippen LogP contribution in [-0.2, 0) is 6.61 Å². The second kappa shape index (κ2) is 6.40. The van der Waals surface area contributed by atoms with E-state index < -0.39 is 0 Å². The van der Waals surface area contributed by atoms with E-state index in [1.807, 2.05) is 0 Å². The van der Waals surface area contributed by atoms with E-state index in [0.717, 1.165) is 19.3 Å². The maximum absolute atomic E-state index is 12.8. The molecule has 1 aromatic carbocycles. The number of unbranched alkanes of at least 4 members (excludes halogenated alkanes) is 2. The van der Waals surface area contributed by atoms with Crippen molar-refractivity contribution in [1.29, 1.82) is 0 Å². The molecule has 0 aliphatic heterocycles. The van der Waals surface area contributed by atoms with Gasteiger partial charge in [0, 0.05) is 5.56 Å². The Morgan fingerprint density at radius 1 is 1.33 bits per heavy atom. The largest absolute Gasteiger partial charge is 0.493 e. The zero-order valence-electron chi connectivity index (χ0n) is 9.00. The fourth-order valence-electron chi connectivity index (χ4n) is 1.35. The first-order chi connectivity index (χ1) is 7.27. The van der Waals surface area contributed by atoms with Crippen LogP contribution in [0.3, 0.4) is 0 Å². The highest BCUT2D eigenvalue weighted by atomic mass is 19.1. The molecular weight excluding hydrogens is 195 g/mol. The highest BCUT2D eigenvalue weighted by Gasteiger charge is 2.03. The molecule has 0 spiro atoms. The highest BCUT2D eigenvalue weighted by molar-refractivity contribution is 5.33. The minimum Gasteiger partial charge on any atom is -0.493 e. The Bertz CT molecular complexity index is 300. The van der Waals surface area contributed by atoms with Crippen LogP contribution in [0.15, 0.2) is 18.2 Å². The number of ether oxygens (including phenoxy) is 1. The van der Waals surface area contributed by atoms with Gasteiger partial charge in [-0.3, -0.25) is 0 Å². The lowest BCUT2D eigenvalue weighted by Crippen LogP contribution is -2.00. The van der Waals surface area contributed by atoms with Crippen LogP contribution >= 0.6 is 0 Å². The molecule has 0 aromatic heterocycles. The van der Waals surface area contributed by atoms with Gasteiger partial charge in [-0.2, -0.15) is 0 Å². The van der Waals surface area contributed by atoms with Gasteiger partial charge in [0.15, 0.2) is 0 Å². The molecule has 0 saturated heterocycles. The van der Waals surface area contributed by atoms with Gasteiger partial charge in [-0.05, 0) is 24.6 Å². The predicted molar refractivity (Wildman–Crippen MR) is 57.3 cm³/mol. The number of aliphatic hydroxyl groups is 1. The summed E-state index contributed by atoms with van der Waals surface area (Å²) in [6.45, 7) is 2.55. The maximum Gasteiger partial charge on any atom is 0.125 e. The van der Waals surface area contributed by atoms with Crippen molar-refractivity contribution in [2.45, 2.75) is 32.8 Å². The van der Waals surface area contributed by atoms with Crippen molar-refractivity contribution in [2.24, 2.45) is 0 Å². The van der Waals surface area contributed by atoms with Gasteiger partial charge in [0.25, 0.3) is 0 Å². The Labute approximate surface area is 89.7 Å². The number of halogens is 1. The summed E-state index contributed by atoms with van der Waals surface area (Å²) in [6, 6.07) is 4.20. The zero-order chi connectivity index (χ0) is 11.1. The summed E-state index contributed by atoms with van der Waals surface area (Å²) < 4.78 is 18.3. The monoisotopic (exact) mass is 212 g/mol. The lowest BCUT2D eigenvalue weighted by molar-refractivity contribution is 0.259. The molecule has 1 aromatic rings. The fourth-order valence-corrected chi connectivity index (χ4v) is 1.35. The molecule has 1 rings (SSSR count). The van der Waals surface area contributed by atoms with Crippen molar-refractivity contribution >= 4 is 0 Å². The van der Waals surface area contributed by atoms with E-state index in [-0.39, 0.29) is 12.4 Å². The molecule has 0 aliphatic rings. The van der Waals surface area contributed by atoms with E-state index in [2.05, 4.69) is 6.92 Å². The summed E-state index contributed by atoms with van der Waals surface area (Å²) in [5.74, 6) is 0.231. The summed E-state index contributed by atoms with van der Waals surface area (Å²) in [6.07, 6.45) is 3.24. The Morgan fingerprint density at radius 2 is 2.13 bits per heavy atom. The molecule has 3 heteroatoms. The van der Waals surface area contributed by atoms with E-state index in [0.29, 0.717) is 17.9 Å². The van der Waals surface area contributed by atoms with Gasteiger partial charge in [-0.25, -0.2) is 4.39 Å². The third-order valence-electron chi connectivity index (χ3n) is 2.20. The van der Waals surface area contributed by atoms with Crippen LogP contribution in [0.2, 0.25) is 0 Å². The zero-order valence-corrected chi connectivity index (χ0v) is 9.00. The van der Waals surface area contributed by atoms with Crippen molar-refractivity contribution in [3.63, 3.8) is 0 Å². The van der Waals surface area contributed by atoms with E-state index in [1.165, 1.54) is 12.1 Å². The molecule has 0 atom stereocenters. The Balaban J connectivity index is 2.52. The van der Waals surface area contributed by atoms with Crippen molar-refractivity contribution in [1.82, 2.24) is 0 Å². The summed E-state index contributed by atoms with van der Waals surface area (Å²) in [5.41, 5.74) is 0.506. The average Bonchev–Trinajstić information content (AvgIpc) is 2.26.